The van der Waals surface area contributed by atoms with Gasteiger partial charge in [-0.3, -0.25) is 14.5 Å². The molecular formula is C17H18N2O6. The van der Waals surface area contributed by atoms with Crippen LogP contribution >= 0.6 is 0 Å². The van der Waals surface area contributed by atoms with Gasteiger partial charge in [0.05, 0.1) is 7.11 Å². The van der Waals surface area contributed by atoms with Crippen molar-refractivity contribution in [3.05, 3.63) is 35.4 Å². The molecule has 0 unspecified atom stereocenters. The van der Waals surface area contributed by atoms with E-state index in [1.54, 1.807) is 6.07 Å². The monoisotopic (exact) mass is 346 g/mol. The largest absolute Gasteiger partial charge is 0.466 e. The van der Waals surface area contributed by atoms with E-state index >= 15 is 0 Å². The summed E-state index contributed by atoms with van der Waals surface area (Å²) in [6.07, 6.45) is 0.000354. The molecule has 1 fully saturated rings. The molecule has 0 bridgehead atoms. The van der Waals surface area contributed by atoms with Gasteiger partial charge in [0.15, 0.2) is 6.10 Å². The molecule has 0 radical (unpaired) electrons. The van der Waals surface area contributed by atoms with Gasteiger partial charge >= 0.3 is 18.0 Å². The van der Waals surface area contributed by atoms with Crippen LogP contribution in [0.25, 0.3) is 0 Å². The third kappa shape index (κ3) is 2.73. The second-order valence-electron chi connectivity index (χ2n) is 6.04. The Balaban J connectivity index is 1.75. The Bertz CT molecular complexity index is 761. The van der Waals surface area contributed by atoms with Crippen LogP contribution in [0.1, 0.15) is 24.5 Å². The summed E-state index contributed by atoms with van der Waals surface area (Å²) in [6, 6.07) is 6.76. The maximum atomic E-state index is 12.9. The zero-order valence-corrected chi connectivity index (χ0v) is 13.9. The quantitative estimate of drug-likeness (QED) is 0.629. The van der Waals surface area contributed by atoms with E-state index in [1.807, 2.05) is 18.2 Å². The van der Waals surface area contributed by atoms with Gasteiger partial charge in [0.1, 0.15) is 12.1 Å². The predicted molar refractivity (Wildman–Crippen MR) is 84.3 cm³/mol. The lowest BCUT2D eigenvalue weighted by Crippen LogP contribution is -2.43. The maximum Gasteiger partial charge on any atom is 0.346 e. The molecule has 3 rings (SSSR count). The fourth-order valence-corrected chi connectivity index (χ4v) is 3.31. The van der Waals surface area contributed by atoms with E-state index in [0.29, 0.717) is 12.8 Å². The van der Waals surface area contributed by atoms with Crippen molar-refractivity contribution in [2.45, 2.75) is 31.4 Å². The summed E-state index contributed by atoms with van der Waals surface area (Å²) in [6.45, 7) is 0.792. The Morgan fingerprint density at radius 2 is 2.04 bits per heavy atom. The van der Waals surface area contributed by atoms with Crippen molar-refractivity contribution in [2.24, 2.45) is 0 Å². The molecule has 0 aromatic heterocycles. The van der Waals surface area contributed by atoms with Gasteiger partial charge in [-0.05, 0) is 30.9 Å². The number of aryl methyl sites for hydroxylation is 1. The molecule has 8 nitrogen and oxygen atoms in total. The number of methoxy groups -OCH3 is 1. The summed E-state index contributed by atoms with van der Waals surface area (Å²) in [5, 5.41) is 2.72. The summed E-state index contributed by atoms with van der Waals surface area (Å²) in [5.74, 6) is -2.05. The summed E-state index contributed by atoms with van der Waals surface area (Å²) in [7, 11) is 1.17. The Labute approximate surface area is 144 Å². The fourth-order valence-electron chi connectivity index (χ4n) is 3.31. The number of fused-ring (bicyclic) bond motifs is 2. The van der Waals surface area contributed by atoms with Crippen LogP contribution in [-0.2, 0) is 35.8 Å². The summed E-state index contributed by atoms with van der Waals surface area (Å²) in [4.78, 5) is 49.2. The van der Waals surface area contributed by atoms with Gasteiger partial charge in [0.2, 0.25) is 0 Å². The van der Waals surface area contributed by atoms with E-state index < -0.39 is 42.1 Å². The molecule has 0 saturated carbocycles. The van der Waals surface area contributed by atoms with E-state index in [-0.39, 0.29) is 0 Å². The summed E-state index contributed by atoms with van der Waals surface area (Å²) in [5.41, 5.74) is 0.633. The third-order valence-corrected chi connectivity index (χ3v) is 4.55. The molecule has 8 heteroatoms. The Morgan fingerprint density at radius 3 is 2.76 bits per heavy atom. The normalized spacial score (nSPS) is 22.6. The van der Waals surface area contributed by atoms with Crippen LogP contribution in [-0.4, -0.2) is 48.5 Å². The van der Waals surface area contributed by atoms with Gasteiger partial charge in [-0.15, -0.1) is 0 Å². The number of amides is 3. The van der Waals surface area contributed by atoms with Crippen molar-refractivity contribution in [1.29, 1.82) is 0 Å². The minimum absolute atomic E-state index is 0.445. The molecule has 2 atom stereocenters. The van der Waals surface area contributed by atoms with E-state index in [9.17, 15) is 19.2 Å². The average Bonchev–Trinajstić information content (AvgIpc) is 3.08. The van der Waals surface area contributed by atoms with Crippen LogP contribution in [0.4, 0.5) is 4.79 Å². The number of carbonyl (C=O) groups is 4. The Morgan fingerprint density at radius 1 is 1.32 bits per heavy atom. The molecule has 25 heavy (non-hydrogen) atoms. The average molecular weight is 346 g/mol. The van der Waals surface area contributed by atoms with Crippen molar-refractivity contribution in [2.75, 3.05) is 13.7 Å². The van der Waals surface area contributed by atoms with Gasteiger partial charge in [-0.1, -0.05) is 24.3 Å². The number of ether oxygens (including phenoxy) is 2. The molecule has 1 aliphatic heterocycles. The molecule has 3 amide bonds. The van der Waals surface area contributed by atoms with Crippen LogP contribution in [0.2, 0.25) is 0 Å². The number of nitrogens with zero attached hydrogens (tertiary/aromatic N) is 1. The lowest BCUT2D eigenvalue weighted by molar-refractivity contribution is -0.165. The number of imide groups is 1. The van der Waals surface area contributed by atoms with Crippen LogP contribution in [0, 0.1) is 0 Å². The highest BCUT2D eigenvalue weighted by atomic mass is 16.6. The minimum atomic E-state index is -1.12. The highest BCUT2D eigenvalue weighted by molar-refractivity contribution is 6.09. The number of benzene rings is 1. The first-order valence-electron chi connectivity index (χ1n) is 7.89. The molecule has 1 saturated heterocycles. The maximum absolute atomic E-state index is 12.9. The van der Waals surface area contributed by atoms with Gasteiger partial charge in [-0.25, -0.2) is 9.59 Å². The minimum Gasteiger partial charge on any atom is -0.466 e. The molecule has 1 aromatic carbocycles. The molecule has 1 aromatic rings. The highest BCUT2D eigenvalue weighted by Crippen LogP contribution is 2.41. The van der Waals surface area contributed by atoms with Gasteiger partial charge < -0.3 is 14.8 Å². The van der Waals surface area contributed by atoms with E-state index in [2.05, 4.69) is 10.1 Å². The molecule has 2 aliphatic rings. The topological polar surface area (TPSA) is 102 Å². The van der Waals surface area contributed by atoms with Crippen molar-refractivity contribution < 1.29 is 28.7 Å². The van der Waals surface area contributed by atoms with E-state index in [4.69, 9.17) is 4.74 Å². The van der Waals surface area contributed by atoms with Crippen LogP contribution in [0.3, 0.4) is 0 Å². The number of urea groups is 1. The first-order chi connectivity index (χ1) is 11.9. The number of esters is 2. The summed E-state index contributed by atoms with van der Waals surface area (Å²) < 4.78 is 9.36. The van der Waals surface area contributed by atoms with Crippen molar-refractivity contribution in [3.63, 3.8) is 0 Å². The van der Waals surface area contributed by atoms with E-state index in [1.165, 1.54) is 14.0 Å². The first kappa shape index (κ1) is 16.9. The zero-order valence-electron chi connectivity index (χ0n) is 13.9. The Kier molecular flexibility index (Phi) is 4.20. The number of hydrogen-bond acceptors (Lipinski definition) is 6. The fraction of sp³-hybridized carbons (Fsp3) is 0.412. The molecule has 1 heterocycles. The lowest BCUT2D eigenvalue weighted by Gasteiger charge is -2.22. The SMILES string of the molecule is COC(=O)[C@@H](C)OC(=O)CN1C(=O)N[C@]2(CCc3ccccc32)C1=O. The molecular weight excluding hydrogens is 328 g/mol. The van der Waals surface area contributed by atoms with Crippen molar-refractivity contribution in [1.82, 2.24) is 10.2 Å². The molecule has 1 N–H and O–H groups in total. The number of nitrogens with one attached hydrogen (secondary N) is 1. The molecule has 1 spiro atoms. The third-order valence-electron chi connectivity index (χ3n) is 4.55. The van der Waals surface area contributed by atoms with E-state index in [0.717, 1.165) is 16.0 Å². The van der Waals surface area contributed by atoms with Gasteiger partial charge in [0, 0.05) is 0 Å². The lowest BCUT2D eigenvalue weighted by atomic mass is 9.92. The smallest absolute Gasteiger partial charge is 0.346 e. The molecule has 132 valence electrons. The van der Waals surface area contributed by atoms with Gasteiger partial charge in [0.25, 0.3) is 5.91 Å². The number of rotatable bonds is 4. The zero-order chi connectivity index (χ0) is 18.2. The van der Waals surface area contributed by atoms with Crippen LogP contribution in [0.15, 0.2) is 24.3 Å². The standard InChI is InChI=1S/C17H18N2O6/c1-10(14(21)24-2)25-13(20)9-19-15(22)17(18-16(19)23)8-7-11-5-3-4-6-12(11)17/h3-6,10H,7-9H2,1-2H3,(H,18,23)/t10-,17+/m1/s1. The number of carbonyl (C=O) groups excluding carboxylic acids is 4. The number of hydrogen-bond donors (Lipinski definition) is 1. The first-order valence-corrected chi connectivity index (χ1v) is 7.89. The van der Waals surface area contributed by atoms with Crippen LogP contribution in [0.5, 0.6) is 0 Å². The van der Waals surface area contributed by atoms with Crippen molar-refractivity contribution >= 4 is 23.9 Å². The predicted octanol–water partition coefficient (Wildman–Crippen LogP) is 0.485. The Hall–Kier alpha value is -2.90. The van der Waals surface area contributed by atoms with Gasteiger partial charge in [-0.2, -0.15) is 0 Å². The van der Waals surface area contributed by atoms with Crippen LogP contribution < -0.4 is 5.32 Å². The second kappa shape index (κ2) is 6.19. The highest BCUT2D eigenvalue weighted by Gasteiger charge is 2.55. The molecule has 1 aliphatic carbocycles. The van der Waals surface area contributed by atoms with Crippen molar-refractivity contribution in [3.8, 4) is 0 Å². The second-order valence-corrected chi connectivity index (χ2v) is 6.04. The summed E-state index contributed by atoms with van der Waals surface area (Å²) >= 11 is 0.